The average Bonchev–Trinajstić information content (AvgIpc) is 2.69. The molecule has 0 N–H and O–H groups in total. The van der Waals surface area contributed by atoms with E-state index in [9.17, 15) is 4.79 Å². The van der Waals surface area contributed by atoms with Crippen LogP contribution in [-0.2, 0) is 11.2 Å². The van der Waals surface area contributed by atoms with Crippen LogP contribution in [0.15, 0.2) is 24.5 Å². The molecule has 0 saturated carbocycles. The fourth-order valence-electron chi connectivity index (χ4n) is 1.84. The second-order valence-corrected chi connectivity index (χ2v) is 5.18. The summed E-state index contributed by atoms with van der Waals surface area (Å²) in [6.45, 7) is 0. The smallest absolute Gasteiger partial charge is 0.136 e. The van der Waals surface area contributed by atoms with Gasteiger partial charge in [0.1, 0.15) is 6.29 Å². The summed E-state index contributed by atoms with van der Waals surface area (Å²) < 4.78 is -0.151. The third kappa shape index (κ3) is 1.98. The summed E-state index contributed by atoms with van der Waals surface area (Å²) in [6.07, 6.45) is 7.73. The Morgan fingerprint density at radius 1 is 1.50 bits per heavy atom. The third-order valence-corrected chi connectivity index (χ3v) is 4.11. The van der Waals surface area contributed by atoms with Crippen LogP contribution in [0.5, 0.6) is 0 Å². The molecule has 0 amide bonds. The van der Waals surface area contributed by atoms with E-state index in [1.54, 1.807) is 24.2 Å². The molecule has 1 aliphatic heterocycles. The number of hydrogen-bond acceptors (Lipinski definition) is 3. The van der Waals surface area contributed by atoms with Crippen LogP contribution in [0.3, 0.4) is 0 Å². The minimum Gasteiger partial charge on any atom is -0.302 e. The fourth-order valence-corrected chi connectivity index (χ4v) is 3.16. The minimum atomic E-state index is -0.151. The highest BCUT2D eigenvalue weighted by Gasteiger charge is 2.34. The highest BCUT2D eigenvalue weighted by molar-refractivity contribution is 8.01. The Bertz CT molecular complexity index is 306. The standard InChI is InChI=1S/C11H13NOS/c13-9-11(4-1-7-14-11)8-10-2-5-12-6-3-10/h2-3,5-6,9H,1,4,7-8H2. The molecule has 2 rings (SSSR count). The summed E-state index contributed by atoms with van der Waals surface area (Å²) >= 11 is 1.80. The summed E-state index contributed by atoms with van der Waals surface area (Å²) in [7, 11) is 0. The van der Waals surface area contributed by atoms with Crippen molar-refractivity contribution in [3.63, 3.8) is 0 Å². The molecule has 2 heterocycles. The first-order chi connectivity index (χ1) is 6.85. The summed E-state index contributed by atoms with van der Waals surface area (Å²) in [6, 6.07) is 3.98. The molecule has 0 radical (unpaired) electrons. The molecule has 0 aromatic carbocycles. The molecular formula is C11H13NOS. The number of aromatic nitrogens is 1. The topological polar surface area (TPSA) is 30.0 Å². The number of rotatable bonds is 3. The Hall–Kier alpha value is -0.830. The summed E-state index contributed by atoms with van der Waals surface area (Å²) in [4.78, 5) is 15.1. The van der Waals surface area contributed by atoms with Crippen LogP contribution in [-0.4, -0.2) is 21.8 Å². The molecule has 2 nitrogen and oxygen atoms in total. The maximum Gasteiger partial charge on any atom is 0.136 e. The van der Waals surface area contributed by atoms with E-state index in [1.165, 1.54) is 5.56 Å². The van der Waals surface area contributed by atoms with Crippen LogP contribution in [0.25, 0.3) is 0 Å². The van der Waals surface area contributed by atoms with Gasteiger partial charge in [-0.3, -0.25) is 4.98 Å². The number of carbonyl (C=O) groups is 1. The van der Waals surface area contributed by atoms with Gasteiger partial charge in [0.05, 0.1) is 4.75 Å². The quantitative estimate of drug-likeness (QED) is 0.711. The van der Waals surface area contributed by atoms with Crippen molar-refractivity contribution in [1.29, 1.82) is 0 Å². The summed E-state index contributed by atoms with van der Waals surface area (Å²) in [5.41, 5.74) is 1.21. The molecule has 1 fully saturated rings. The molecule has 14 heavy (non-hydrogen) atoms. The van der Waals surface area contributed by atoms with Crippen molar-refractivity contribution in [3.05, 3.63) is 30.1 Å². The van der Waals surface area contributed by atoms with E-state index in [2.05, 4.69) is 4.98 Å². The largest absolute Gasteiger partial charge is 0.302 e. The molecule has 1 aromatic rings. The molecular weight excluding hydrogens is 194 g/mol. The normalized spacial score (nSPS) is 26.3. The van der Waals surface area contributed by atoms with Crippen molar-refractivity contribution in [1.82, 2.24) is 4.98 Å². The molecule has 1 aromatic heterocycles. The van der Waals surface area contributed by atoms with Crippen LogP contribution in [0, 0.1) is 0 Å². The van der Waals surface area contributed by atoms with Crippen molar-refractivity contribution in [2.75, 3.05) is 5.75 Å². The number of pyridine rings is 1. The number of nitrogens with zero attached hydrogens (tertiary/aromatic N) is 1. The van der Waals surface area contributed by atoms with E-state index in [1.807, 2.05) is 12.1 Å². The van der Waals surface area contributed by atoms with Crippen LogP contribution in [0.2, 0.25) is 0 Å². The van der Waals surface area contributed by atoms with Crippen LogP contribution >= 0.6 is 11.8 Å². The van der Waals surface area contributed by atoms with Gasteiger partial charge < -0.3 is 4.79 Å². The SMILES string of the molecule is O=CC1(Cc2ccncc2)CCCS1. The lowest BCUT2D eigenvalue weighted by atomic mass is 9.96. The second-order valence-electron chi connectivity index (χ2n) is 3.67. The zero-order valence-corrected chi connectivity index (χ0v) is 8.80. The second kappa shape index (κ2) is 4.13. The average molecular weight is 207 g/mol. The van der Waals surface area contributed by atoms with E-state index in [4.69, 9.17) is 0 Å². The molecule has 1 saturated heterocycles. The van der Waals surface area contributed by atoms with Crippen molar-refractivity contribution in [3.8, 4) is 0 Å². The van der Waals surface area contributed by atoms with Gasteiger partial charge in [-0.05, 0) is 42.7 Å². The van der Waals surface area contributed by atoms with E-state index >= 15 is 0 Å². The predicted octanol–water partition coefficient (Wildman–Crippen LogP) is 2.09. The molecule has 1 atom stereocenters. The number of thioether (sulfide) groups is 1. The summed E-state index contributed by atoms with van der Waals surface area (Å²) in [5.74, 6) is 1.11. The number of carbonyl (C=O) groups excluding carboxylic acids is 1. The Kier molecular flexibility index (Phi) is 2.87. The maximum absolute atomic E-state index is 11.1. The molecule has 0 spiro atoms. The van der Waals surface area contributed by atoms with Gasteiger partial charge in [0.15, 0.2) is 0 Å². The lowest BCUT2D eigenvalue weighted by Crippen LogP contribution is -2.26. The van der Waals surface area contributed by atoms with Crippen molar-refractivity contribution < 1.29 is 4.79 Å². The van der Waals surface area contributed by atoms with Crippen molar-refractivity contribution in [2.45, 2.75) is 24.0 Å². The van der Waals surface area contributed by atoms with Gasteiger partial charge in [-0.2, -0.15) is 0 Å². The molecule has 1 unspecified atom stereocenters. The zero-order chi connectivity index (χ0) is 9.86. The highest BCUT2D eigenvalue weighted by Crippen LogP contribution is 2.38. The fraction of sp³-hybridized carbons (Fsp3) is 0.455. The Morgan fingerprint density at radius 3 is 2.86 bits per heavy atom. The Morgan fingerprint density at radius 2 is 2.29 bits per heavy atom. The van der Waals surface area contributed by atoms with Gasteiger partial charge in [0.2, 0.25) is 0 Å². The first-order valence-corrected chi connectivity index (χ1v) is 5.82. The number of hydrogen-bond donors (Lipinski definition) is 0. The molecule has 0 bridgehead atoms. The van der Waals surface area contributed by atoms with E-state index in [0.29, 0.717) is 0 Å². The summed E-state index contributed by atoms with van der Waals surface area (Å²) in [5, 5.41) is 0. The van der Waals surface area contributed by atoms with Crippen molar-refractivity contribution in [2.24, 2.45) is 0 Å². The van der Waals surface area contributed by atoms with E-state index < -0.39 is 0 Å². The first-order valence-electron chi connectivity index (χ1n) is 4.84. The lowest BCUT2D eigenvalue weighted by molar-refractivity contribution is -0.109. The van der Waals surface area contributed by atoms with E-state index in [-0.39, 0.29) is 4.75 Å². The van der Waals surface area contributed by atoms with Crippen molar-refractivity contribution >= 4 is 18.0 Å². The molecule has 3 heteroatoms. The molecule has 1 aliphatic rings. The monoisotopic (exact) mass is 207 g/mol. The van der Waals surface area contributed by atoms with Gasteiger partial charge in [-0.25, -0.2) is 0 Å². The minimum absolute atomic E-state index is 0.151. The predicted molar refractivity (Wildman–Crippen MR) is 58.4 cm³/mol. The van der Waals surface area contributed by atoms with Gasteiger partial charge in [0.25, 0.3) is 0 Å². The first kappa shape index (κ1) is 9.71. The molecule has 74 valence electrons. The van der Waals surface area contributed by atoms with Crippen LogP contribution < -0.4 is 0 Å². The van der Waals surface area contributed by atoms with Gasteiger partial charge in [0, 0.05) is 12.4 Å². The zero-order valence-electron chi connectivity index (χ0n) is 7.98. The van der Waals surface area contributed by atoms with E-state index in [0.717, 1.165) is 31.3 Å². The highest BCUT2D eigenvalue weighted by atomic mass is 32.2. The van der Waals surface area contributed by atoms with Crippen LogP contribution in [0.4, 0.5) is 0 Å². The number of aldehydes is 1. The van der Waals surface area contributed by atoms with Crippen LogP contribution in [0.1, 0.15) is 18.4 Å². The van der Waals surface area contributed by atoms with Gasteiger partial charge >= 0.3 is 0 Å². The Balaban J connectivity index is 2.12. The van der Waals surface area contributed by atoms with Gasteiger partial charge in [-0.1, -0.05) is 0 Å². The van der Waals surface area contributed by atoms with Gasteiger partial charge in [-0.15, -0.1) is 11.8 Å². The molecule has 0 aliphatic carbocycles. The maximum atomic E-state index is 11.1. The third-order valence-electron chi connectivity index (χ3n) is 2.60. The lowest BCUT2D eigenvalue weighted by Gasteiger charge is -2.20. The Labute approximate surface area is 88.1 Å².